The van der Waals surface area contributed by atoms with Crippen LogP contribution in [0, 0.1) is 5.21 Å². The second-order valence-electron chi connectivity index (χ2n) is 3.89. The quantitative estimate of drug-likeness (QED) is 0.602. The molecule has 94 valence electrons. The Labute approximate surface area is 100 Å². The van der Waals surface area contributed by atoms with Crippen molar-refractivity contribution in [3.63, 3.8) is 0 Å². The summed E-state index contributed by atoms with van der Waals surface area (Å²) in [6.45, 7) is 3.83. The van der Waals surface area contributed by atoms with Crippen LogP contribution in [0.5, 0.6) is 0 Å². The number of esters is 1. The normalized spacial score (nSPS) is 14.1. The standard InChI is InChI=1S/C12H17NO4/c1-3-5-9(2)17-12(14)10-6-4-7-11(8-10)13(15)16/h4,6-9,13,15H,3,5H2,1-2H3/t9-/m0/s1. The van der Waals surface area contributed by atoms with Gasteiger partial charge >= 0.3 is 5.97 Å². The lowest BCUT2D eigenvalue weighted by molar-refractivity contribution is -0.991. The van der Waals surface area contributed by atoms with Crippen molar-refractivity contribution < 1.29 is 20.0 Å². The minimum absolute atomic E-state index is 0.0857. The Balaban J connectivity index is 2.72. The molecule has 5 heteroatoms. The van der Waals surface area contributed by atoms with Gasteiger partial charge in [0.25, 0.3) is 0 Å². The molecule has 0 heterocycles. The third-order valence-electron chi connectivity index (χ3n) is 2.35. The largest absolute Gasteiger partial charge is 0.595 e. The summed E-state index contributed by atoms with van der Waals surface area (Å²) in [5.41, 5.74) is 0.357. The minimum atomic E-state index is -1.05. The van der Waals surface area contributed by atoms with E-state index in [0.29, 0.717) is 0 Å². The van der Waals surface area contributed by atoms with E-state index in [-0.39, 0.29) is 17.4 Å². The fraction of sp³-hybridized carbons (Fsp3) is 0.417. The van der Waals surface area contributed by atoms with E-state index in [4.69, 9.17) is 9.94 Å². The monoisotopic (exact) mass is 239 g/mol. The first-order chi connectivity index (χ1) is 8.04. The molecule has 2 atom stereocenters. The van der Waals surface area contributed by atoms with Crippen LogP contribution in [0.4, 0.5) is 5.69 Å². The zero-order valence-electron chi connectivity index (χ0n) is 9.97. The van der Waals surface area contributed by atoms with E-state index in [9.17, 15) is 10.0 Å². The summed E-state index contributed by atoms with van der Waals surface area (Å²) >= 11 is 0. The number of benzene rings is 1. The molecule has 5 nitrogen and oxygen atoms in total. The SMILES string of the molecule is CCC[C@H](C)OC(=O)c1cccc([NH+]([O-])O)c1. The number of carbonyl (C=O) groups excluding carboxylic acids is 1. The molecule has 0 amide bonds. The van der Waals surface area contributed by atoms with E-state index in [1.165, 1.54) is 18.2 Å². The predicted octanol–water partition coefficient (Wildman–Crippen LogP) is 1.44. The van der Waals surface area contributed by atoms with Crippen molar-refractivity contribution in [2.45, 2.75) is 32.8 Å². The highest BCUT2D eigenvalue weighted by atomic mass is 16.8. The van der Waals surface area contributed by atoms with Crippen molar-refractivity contribution in [3.8, 4) is 0 Å². The lowest BCUT2D eigenvalue weighted by Crippen LogP contribution is -2.99. The summed E-state index contributed by atoms with van der Waals surface area (Å²) in [6.07, 6.45) is 1.58. The van der Waals surface area contributed by atoms with Gasteiger partial charge in [-0.1, -0.05) is 19.4 Å². The van der Waals surface area contributed by atoms with Crippen molar-refractivity contribution in [3.05, 3.63) is 35.0 Å². The van der Waals surface area contributed by atoms with Crippen molar-refractivity contribution in [1.29, 1.82) is 0 Å². The molecule has 2 N–H and O–H groups in total. The van der Waals surface area contributed by atoms with Crippen LogP contribution in [0.15, 0.2) is 24.3 Å². The Morgan fingerprint density at radius 2 is 2.29 bits per heavy atom. The van der Waals surface area contributed by atoms with Crippen LogP contribution >= 0.6 is 0 Å². The average molecular weight is 239 g/mol. The van der Waals surface area contributed by atoms with Crippen LogP contribution in [-0.4, -0.2) is 17.3 Å². The summed E-state index contributed by atoms with van der Waals surface area (Å²) in [7, 11) is 0. The van der Waals surface area contributed by atoms with Crippen LogP contribution in [0.2, 0.25) is 0 Å². The molecule has 0 aliphatic heterocycles. The van der Waals surface area contributed by atoms with Crippen LogP contribution in [0.25, 0.3) is 0 Å². The molecular formula is C12H17NO4. The van der Waals surface area contributed by atoms with Crippen molar-refractivity contribution in [1.82, 2.24) is 0 Å². The zero-order valence-corrected chi connectivity index (χ0v) is 9.97. The van der Waals surface area contributed by atoms with Gasteiger partial charge in [-0.3, -0.25) is 0 Å². The highest BCUT2D eigenvalue weighted by molar-refractivity contribution is 5.90. The van der Waals surface area contributed by atoms with Gasteiger partial charge in [0.05, 0.1) is 11.7 Å². The molecule has 0 saturated heterocycles. The van der Waals surface area contributed by atoms with Gasteiger partial charge in [0.15, 0.2) is 5.69 Å². The fourth-order valence-electron chi connectivity index (χ4n) is 1.50. The van der Waals surface area contributed by atoms with Gasteiger partial charge in [-0.2, -0.15) is 5.23 Å². The number of carbonyl (C=O) groups is 1. The number of rotatable bonds is 5. The molecule has 0 radical (unpaired) electrons. The third-order valence-corrected chi connectivity index (χ3v) is 2.35. The highest BCUT2D eigenvalue weighted by Gasteiger charge is 2.13. The number of hydrogen-bond donors (Lipinski definition) is 2. The lowest BCUT2D eigenvalue weighted by atomic mass is 10.2. The lowest BCUT2D eigenvalue weighted by Gasteiger charge is -2.14. The van der Waals surface area contributed by atoms with Crippen LogP contribution in [0.1, 0.15) is 37.0 Å². The summed E-state index contributed by atoms with van der Waals surface area (Å²) < 4.78 is 5.18. The summed E-state index contributed by atoms with van der Waals surface area (Å²) in [6, 6.07) is 5.84. The van der Waals surface area contributed by atoms with Gasteiger partial charge in [-0.15, -0.1) is 0 Å². The first-order valence-electron chi connectivity index (χ1n) is 5.59. The highest BCUT2D eigenvalue weighted by Crippen LogP contribution is 2.10. The molecule has 0 bridgehead atoms. The second-order valence-corrected chi connectivity index (χ2v) is 3.89. The average Bonchev–Trinajstić information content (AvgIpc) is 2.29. The first kappa shape index (κ1) is 13.6. The van der Waals surface area contributed by atoms with E-state index in [0.717, 1.165) is 12.8 Å². The number of ether oxygens (including phenoxy) is 1. The Kier molecular flexibility index (Phi) is 5.09. The molecule has 0 spiro atoms. The number of nitrogens with one attached hydrogen (secondary N) is 1. The smallest absolute Gasteiger partial charge is 0.338 e. The van der Waals surface area contributed by atoms with Gasteiger partial charge in [-0.05, 0) is 19.4 Å². The van der Waals surface area contributed by atoms with E-state index in [2.05, 4.69) is 0 Å². The summed E-state index contributed by atoms with van der Waals surface area (Å²) in [5.74, 6) is -0.478. The van der Waals surface area contributed by atoms with E-state index in [1.54, 1.807) is 6.07 Å². The Bertz CT molecular complexity index is 379. The number of hydrogen-bond acceptors (Lipinski definition) is 4. The van der Waals surface area contributed by atoms with Gasteiger partial charge in [0.1, 0.15) is 0 Å². The van der Waals surface area contributed by atoms with Crippen molar-refractivity contribution in [2.75, 3.05) is 0 Å². The maximum absolute atomic E-state index is 11.7. The molecule has 0 fully saturated rings. The molecule has 1 aromatic rings. The summed E-state index contributed by atoms with van der Waals surface area (Å²) in [4.78, 5) is 11.7. The molecule has 0 aliphatic carbocycles. The minimum Gasteiger partial charge on any atom is -0.595 e. The van der Waals surface area contributed by atoms with Crippen LogP contribution in [-0.2, 0) is 4.74 Å². The summed E-state index contributed by atoms with van der Waals surface area (Å²) in [5, 5.41) is 18.5. The maximum atomic E-state index is 11.7. The molecule has 1 rings (SSSR count). The van der Waals surface area contributed by atoms with E-state index >= 15 is 0 Å². The zero-order chi connectivity index (χ0) is 12.8. The molecule has 0 saturated carbocycles. The second kappa shape index (κ2) is 6.34. The Morgan fingerprint density at radius 1 is 1.59 bits per heavy atom. The molecule has 1 unspecified atom stereocenters. The van der Waals surface area contributed by atoms with Gasteiger partial charge in [0, 0.05) is 12.1 Å². The first-order valence-corrected chi connectivity index (χ1v) is 5.59. The van der Waals surface area contributed by atoms with E-state index < -0.39 is 11.2 Å². The van der Waals surface area contributed by atoms with Crippen LogP contribution < -0.4 is 5.23 Å². The van der Waals surface area contributed by atoms with Gasteiger partial charge < -0.3 is 9.94 Å². The number of quaternary nitrogens is 1. The predicted molar refractivity (Wildman–Crippen MR) is 62.0 cm³/mol. The van der Waals surface area contributed by atoms with Crippen LogP contribution in [0.3, 0.4) is 0 Å². The fourth-order valence-corrected chi connectivity index (χ4v) is 1.50. The third kappa shape index (κ3) is 4.14. The van der Waals surface area contributed by atoms with Crippen molar-refractivity contribution >= 4 is 11.7 Å². The topological polar surface area (TPSA) is 74.0 Å². The molecule has 0 aliphatic rings. The van der Waals surface area contributed by atoms with Crippen molar-refractivity contribution in [2.24, 2.45) is 0 Å². The maximum Gasteiger partial charge on any atom is 0.338 e. The Hall–Kier alpha value is -1.43. The Morgan fingerprint density at radius 3 is 2.88 bits per heavy atom. The van der Waals surface area contributed by atoms with E-state index in [1.807, 2.05) is 13.8 Å². The molecule has 17 heavy (non-hydrogen) atoms. The van der Waals surface area contributed by atoms with Gasteiger partial charge in [-0.25, -0.2) is 10.0 Å². The molecule has 0 aromatic heterocycles. The molecule has 1 aromatic carbocycles. The molecular weight excluding hydrogens is 222 g/mol. The van der Waals surface area contributed by atoms with Gasteiger partial charge in [0.2, 0.25) is 0 Å².